The summed E-state index contributed by atoms with van der Waals surface area (Å²) in [5, 5.41) is 9.70. The summed E-state index contributed by atoms with van der Waals surface area (Å²) in [7, 11) is 5.92. The molecule has 9 nitrogen and oxygen atoms in total. The van der Waals surface area contributed by atoms with Crippen LogP contribution < -0.4 is 0 Å². The fourth-order valence-corrected chi connectivity index (χ4v) is 6.78. The predicted molar refractivity (Wildman–Crippen MR) is 326 cm³/mol. The second kappa shape index (κ2) is 56.6. The highest BCUT2D eigenvalue weighted by Gasteiger charge is 2.25. The van der Waals surface area contributed by atoms with Gasteiger partial charge < -0.3 is 28.5 Å². The summed E-state index contributed by atoms with van der Waals surface area (Å²) in [5.41, 5.74) is 0. The molecule has 0 spiro atoms. The first-order valence-corrected chi connectivity index (χ1v) is 28.9. The first-order valence-electron chi connectivity index (χ1n) is 28.9. The van der Waals surface area contributed by atoms with E-state index in [1.165, 1.54) is 0 Å². The normalized spacial score (nSPS) is 14.1. The summed E-state index contributed by atoms with van der Waals surface area (Å²) in [6, 6.07) is 0. The minimum atomic E-state index is -1.54. The number of nitrogens with zero attached hydrogens (tertiary/aromatic N) is 1. The quantitative estimate of drug-likeness (QED) is 0.0211. The highest BCUT2D eigenvalue weighted by molar-refractivity contribution is 5.71. The van der Waals surface area contributed by atoms with Crippen LogP contribution in [0.4, 0.5) is 0 Å². The molecule has 0 aromatic rings. The Morgan fingerprint density at radius 1 is 0.390 bits per heavy atom. The SMILES string of the molecule is CC/C=C\C/C=C\C/C=C\C/C=C\C/C=C\C/C=C\C/C=C\C/C=C\CCCCCCC(=O)OC(COC(=O)CCC/C=C\C/C=C\C/C=C\C/C=C\C/C=C\C/C=C\C/C=C\CC)COC(OCC[N+](C)(C)C)C(=O)O. The van der Waals surface area contributed by atoms with Crippen molar-refractivity contribution in [1.29, 1.82) is 0 Å². The number of carboxylic acids is 1. The molecule has 2 atom stereocenters. The molecule has 0 saturated carbocycles. The fourth-order valence-electron chi connectivity index (χ4n) is 6.78. The summed E-state index contributed by atoms with van der Waals surface area (Å²) in [4.78, 5) is 37.4. The first kappa shape index (κ1) is 71.4. The van der Waals surface area contributed by atoms with Crippen molar-refractivity contribution >= 4 is 17.9 Å². The molecule has 9 heteroatoms. The van der Waals surface area contributed by atoms with Crippen LogP contribution in [-0.2, 0) is 33.3 Å². The maximum absolute atomic E-state index is 12.9. The smallest absolute Gasteiger partial charge is 0.361 e. The van der Waals surface area contributed by atoms with Crippen LogP contribution in [0.3, 0.4) is 0 Å². The molecule has 0 saturated heterocycles. The van der Waals surface area contributed by atoms with E-state index in [2.05, 4.69) is 196 Å². The number of hydrogen-bond acceptors (Lipinski definition) is 7. The minimum Gasteiger partial charge on any atom is -0.477 e. The van der Waals surface area contributed by atoms with Gasteiger partial charge in [-0.05, 0) is 128 Å². The number of quaternary nitrogens is 1. The van der Waals surface area contributed by atoms with E-state index in [0.29, 0.717) is 23.9 Å². The number of ether oxygens (including phenoxy) is 4. The van der Waals surface area contributed by atoms with Gasteiger partial charge in [0.2, 0.25) is 0 Å². The van der Waals surface area contributed by atoms with E-state index in [0.717, 1.165) is 128 Å². The van der Waals surface area contributed by atoms with Crippen molar-refractivity contribution < 1.29 is 42.9 Å². The number of carbonyl (C=O) groups is 3. The Kier molecular flexibility index (Phi) is 52.5. The lowest BCUT2D eigenvalue weighted by atomic mass is 10.1. The molecule has 0 amide bonds. The standard InChI is InChI=1S/C68H103NO8/c1-6-8-10-12-14-16-18-20-22-24-26-28-30-31-32-33-34-35-37-39-41-43-45-47-49-51-53-55-57-59-66(71)77-64(63-76-68(67(72)73)74-61-60-69(3,4)5)62-75-65(70)58-56-54-52-50-48-46-44-42-40-38-36-29-27-25-23-21-19-17-15-13-11-9-7-2/h8-11,14-17,20-23,26-29,31-32,34-35,38-41,44-47,50,52,64,68H,6-7,12-13,18-19,24-25,30,33,36-37,42-43,48-49,51,53-63H2,1-5H3/p+1/b10-8-,11-9-,16-14-,17-15-,22-20-,23-21-,28-26-,29-27-,32-31-,35-34-,40-38-,41-39-,46-44-,47-45-,52-50-. The van der Waals surface area contributed by atoms with Crippen molar-refractivity contribution in [2.24, 2.45) is 0 Å². The highest BCUT2D eigenvalue weighted by Crippen LogP contribution is 2.11. The fraction of sp³-hybridized carbons (Fsp3) is 0.515. The van der Waals surface area contributed by atoms with Crippen LogP contribution in [0.1, 0.15) is 168 Å². The van der Waals surface area contributed by atoms with E-state index in [9.17, 15) is 19.5 Å². The van der Waals surface area contributed by atoms with Gasteiger partial charge in [-0.2, -0.15) is 0 Å². The molecule has 0 heterocycles. The van der Waals surface area contributed by atoms with Crippen LogP contribution in [0.15, 0.2) is 182 Å². The van der Waals surface area contributed by atoms with E-state index < -0.39 is 30.3 Å². The highest BCUT2D eigenvalue weighted by atomic mass is 16.7. The van der Waals surface area contributed by atoms with Crippen molar-refractivity contribution in [1.82, 2.24) is 0 Å². The summed E-state index contributed by atoms with van der Waals surface area (Å²) in [5.74, 6) is -2.15. The number of hydrogen-bond donors (Lipinski definition) is 1. The van der Waals surface area contributed by atoms with Gasteiger partial charge in [-0.1, -0.05) is 209 Å². The molecule has 77 heavy (non-hydrogen) atoms. The Hall–Kier alpha value is -5.61. The summed E-state index contributed by atoms with van der Waals surface area (Å²) >= 11 is 0. The number of rotatable bonds is 50. The lowest BCUT2D eigenvalue weighted by molar-refractivity contribution is -0.870. The second-order valence-corrected chi connectivity index (χ2v) is 19.5. The van der Waals surface area contributed by atoms with E-state index >= 15 is 0 Å². The van der Waals surface area contributed by atoms with Crippen LogP contribution in [0.5, 0.6) is 0 Å². The van der Waals surface area contributed by atoms with Gasteiger partial charge in [0.25, 0.3) is 6.29 Å². The zero-order valence-electron chi connectivity index (χ0n) is 48.5. The molecule has 0 radical (unpaired) electrons. The third kappa shape index (κ3) is 57.9. The Labute approximate surface area is 469 Å². The van der Waals surface area contributed by atoms with Gasteiger partial charge >= 0.3 is 17.9 Å². The zero-order valence-corrected chi connectivity index (χ0v) is 48.5. The van der Waals surface area contributed by atoms with Crippen molar-refractivity contribution in [2.45, 2.75) is 180 Å². The molecule has 0 bridgehead atoms. The molecule has 0 aliphatic rings. The molecule has 428 valence electrons. The number of likely N-dealkylation sites (N-methyl/N-ethyl adjacent to an activating group) is 1. The molecule has 0 aliphatic carbocycles. The number of esters is 2. The largest absolute Gasteiger partial charge is 0.477 e. The summed E-state index contributed by atoms with van der Waals surface area (Å²) in [6.45, 7) is 4.51. The summed E-state index contributed by atoms with van der Waals surface area (Å²) < 4.78 is 22.8. The van der Waals surface area contributed by atoms with Gasteiger partial charge in [-0.25, -0.2) is 4.79 Å². The van der Waals surface area contributed by atoms with E-state index in [-0.39, 0.29) is 32.7 Å². The van der Waals surface area contributed by atoms with Crippen LogP contribution in [0.2, 0.25) is 0 Å². The lowest BCUT2D eigenvalue weighted by Crippen LogP contribution is -2.40. The Bertz CT molecular complexity index is 1910. The van der Waals surface area contributed by atoms with E-state index in [1.807, 2.05) is 21.1 Å². The van der Waals surface area contributed by atoms with Crippen molar-refractivity contribution in [2.75, 3.05) is 47.5 Å². The number of allylic oxidation sites excluding steroid dienone is 30. The molecular weight excluding hydrogens is 959 g/mol. The topological polar surface area (TPSA) is 108 Å². The van der Waals surface area contributed by atoms with Crippen molar-refractivity contribution in [3.8, 4) is 0 Å². The Morgan fingerprint density at radius 3 is 1.06 bits per heavy atom. The molecule has 0 fully saturated rings. The maximum Gasteiger partial charge on any atom is 0.361 e. The number of carbonyl (C=O) groups excluding carboxylic acids is 2. The average Bonchev–Trinajstić information content (AvgIpc) is 3.40. The van der Waals surface area contributed by atoms with Crippen LogP contribution >= 0.6 is 0 Å². The second-order valence-electron chi connectivity index (χ2n) is 19.5. The average molecular weight is 1060 g/mol. The lowest BCUT2D eigenvalue weighted by Gasteiger charge is -2.25. The minimum absolute atomic E-state index is 0.161. The Morgan fingerprint density at radius 2 is 0.714 bits per heavy atom. The van der Waals surface area contributed by atoms with Crippen LogP contribution in [0, 0.1) is 0 Å². The zero-order chi connectivity index (χ0) is 56.2. The Balaban J connectivity index is 4.48. The van der Waals surface area contributed by atoms with Gasteiger partial charge in [0.05, 0.1) is 34.4 Å². The molecule has 2 unspecified atom stereocenters. The molecule has 1 N–H and O–H groups in total. The summed E-state index contributed by atoms with van der Waals surface area (Å²) in [6.07, 6.45) is 84.0. The van der Waals surface area contributed by atoms with Gasteiger partial charge in [-0.15, -0.1) is 0 Å². The van der Waals surface area contributed by atoms with Crippen LogP contribution in [0.25, 0.3) is 0 Å². The monoisotopic (exact) mass is 1060 g/mol. The van der Waals surface area contributed by atoms with Gasteiger partial charge in [0, 0.05) is 12.8 Å². The van der Waals surface area contributed by atoms with E-state index in [1.54, 1.807) is 0 Å². The predicted octanol–water partition coefficient (Wildman–Crippen LogP) is 17.3. The van der Waals surface area contributed by atoms with Gasteiger partial charge in [-0.3, -0.25) is 9.59 Å². The van der Waals surface area contributed by atoms with Gasteiger partial charge in [0.15, 0.2) is 6.10 Å². The maximum atomic E-state index is 12.9. The third-order valence-electron chi connectivity index (χ3n) is 11.2. The first-order chi connectivity index (χ1) is 37.6. The number of unbranched alkanes of at least 4 members (excludes halogenated alkanes) is 5. The number of aliphatic carboxylic acids is 1. The van der Waals surface area contributed by atoms with Crippen LogP contribution in [-0.4, -0.2) is 87.4 Å². The molecular formula is C68H104NO8+. The van der Waals surface area contributed by atoms with E-state index in [4.69, 9.17) is 18.9 Å². The van der Waals surface area contributed by atoms with Gasteiger partial charge in [0.1, 0.15) is 13.2 Å². The molecule has 0 aromatic heterocycles. The molecule has 0 rings (SSSR count). The molecule has 0 aliphatic heterocycles. The van der Waals surface area contributed by atoms with Crippen molar-refractivity contribution in [3.05, 3.63) is 182 Å². The number of carboxylic acid groups (broad SMARTS) is 1. The molecule has 0 aromatic carbocycles. The van der Waals surface area contributed by atoms with Crippen molar-refractivity contribution in [3.63, 3.8) is 0 Å². The third-order valence-corrected chi connectivity index (χ3v) is 11.2.